The molecule has 1 amide bonds. The van der Waals surface area contributed by atoms with Crippen LogP contribution in [0.4, 0.5) is 0 Å². The molecule has 0 aliphatic rings. The summed E-state index contributed by atoms with van der Waals surface area (Å²) in [5, 5.41) is 20.9. The van der Waals surface area contributed by atoms with Crippen molar-refractivity contribution in [1.29, 1.82) is 5.26 Å². The fourth-order valence-electron chi connectivity index (χ4n) is 1.86. The van der Waals surface area contributed by atoms with E-state index in [4.69, 9.17) is 14.4 Å². The number of benzene rings is 1. The molecule has 0 saturated heterocycles. The smallest absolute Gasteiger partial charge is 0.224 e. The average molecular weight is 300 g/mol. The zero-order valence-corrected chi connectivity index (χ0v) is 11.9. The van der Waals surface area contributed by atoms with Crippen LogP contribution in [0.25, 0.3) is 0 Å². The van der Waals surface area contributed by atoms with Crippen LogP contribution in [0.5, 0.6) is 5.75 Å². The fourth-order valence-corrected chi connectivity index (χ4v) is 1.86. The van der Waals surface area contributed by atoms with Gasteiger partial charge in [0.05, 0.1) is 19.2 Å². The summed E-state index contributed by atoms with van der Waals surface area (Å²) in [4.78, 5) is 11.8. The molecule has 114 valence electrons. The largest absolute Gasteiger partial charge is 0.479 e. The van der Waals surface area contributed by atoms with Gasteiger partial charge in [0.15, 0.2) is 6.61 Å². The minimum Gasteiger partial charge on any atom is -0.479 e. The molecule has 0 aliphatic heterocycles. The maximum Gasteiger partial charge on any atom is 0.224 e. The van der Waals surface area contributed by atoms with Crippen molar-refractivity contribution in [2.45, 2.75) is 12.5 Å². The van der Waals surface area contributed by atoms with Crippen molar-refractivity contribution in [3.05, 3.63) is 54.0 Å². The highest BCUT2D eigenvalue weighted by atomic mass is 16.5. The summed E-state index contributed by atoms with van der Waals surface area (Å²) in [5.41, 5.74) is 0.814. The summed E-state index contributed by atoms with van der Waals surface area (Å²) in [6.45, 7) is 0.0835. The van der Waals surface area contributed by atoms with Crippen molar-refractivity contribution < 1.29 is 19.1 Å². The predicted octanol–water partition coefficient (Wildman–Crippen LogP) is 1.57. The molecule has 1 unspecified atom stereocenters. The lowest BCUT2D eigenvalue weighted by molar-refractivity contribution is -0.120. The highest BCUT2D eigenvalue weighted by molar-refractivity contribution is 5.78. The lowest BCUT2D eigenvalue weighted by Gasteiger charge is -2.10. The van der Waals surface area contributed by atoms with Crippen LogP contribution in [0.3, 0.4) is 0 Å². The Morgan fingerprint density at radius 3 is 2.77 bits per heavy atom. The summed E-state index contributed by atoms with van der Waals surface area (Å²) in [6, 6.07) is 12.1. The van der Waals surface area contributed by atoms with E-state index < -0.39 is 6.10 Å². The Morgan fingerprint density at radius 1 is 1.36 bits per heavy atom. The Hall–Kier alpha value is -2.78. The monoisotopic (exact) mass is 300 g/mol. The second-order valence-electron chi connectivity index (χ2n) is 4.60. The van der Waals surface area contributed by atoms with Gasteiger partial charge in [-0.1, -0.05) is 12.1 Å². The Kier molecular flexibility index (Phi) is 5.57. The van der Waals surface area contributed by atoms with E-state index in [0.29, 0.717) is 11.5 Å². The lowest BCUT2D eigenvalue weighted by Crippen LogP contribution is -2.29. The Labute approximate surface area is 127 Å². The molecule has 1 aromatic carbocycles. The molecule has 6 nitrogen and oxygen atoms in total. The maximum atomic E-state index is 11.8. The van der Waals surface area contributed by atoms with Crippen LogP contribution in [0, 0.1) is 11.3 Å². The van der Waals surface area contributed by atoms with E-state index in [1.165, 1.54) is 6.26 Å². The first kappa shape index (κ1) is 15.6. The van der Waals surface area contributed by atoms with Crippen molar-refractivity contribution in [2.24, 2.45) is 0 Å². The average Bonchev–Trinajstić information content (AvgIpc) is 3.06. The third-order valence-electron chi connectivity index (χ3n) is 2.96. The third-order valence-corrected chi connectivity index (χ3v) is 2.96. The lowest BCUT2D eigenvalue weighted by atomic mass is 10.1. The van der Waals surface area contributed by atoms with Gasteiger partial charge in [-0.3, -0.25) is 4.79 Å². The van der Waals surface area contributed by atoms with Gasteiger partial charge in [-0.25, -0.2) is 0 Å². The molecule has 2 N–H and O–H groups in total. The zero-order chi connectivity index (χ0) is 15.8. The summed E-state index contributed by atoms with van der Waals surface area (Å²) in [6.07, 6.45) is 0.806. The van der Waals surface area contributed by atoms with E-state index in [0.717, 1.165) is 5.56 Å². The second kappa shape index (κ2) is 7.86. The highest BCUT2D eigenvalue weighted by Gasteiger charge is 2.12. The summed E-state index contributed by atoms with van der Waals surface area (Å²) >= 11 is 0. The van der Waals surface area contributed by atoms with Crippen molar-refractivity contribution >= 4 is 5.91 Å². The quantitative estimate of drug-likeness (QED) is 0.809. The Bertz CT molecular complexity index is 629. The highest BCUT2D eigenvalue weighted by Crippen LogP contribution is 2.13. The van der Waals surface area contributed by atoms with Crippen LogP contribution in [-0.2, 0) is 11.2 Å². The van der Waals surface area contributed by atoms with Crippen LogP contribution in [0.15, 0.2) is 47.1 Å². The van der Waals surface area contributed by atoms with Crippen LogP contribution in [0.1, 0.15) is 17.4 Å². The summed E-state index contributed by atoms with van der Waals surface area (Å²) in [5.74, 6) is 0.801. The van der Waals surface area contributed by atoms with Gasteiger partial charge in [0, 0.05) is 0 Å². The normalized spacial score (nSPS) is 11.5. The molecule has 0 bridgehead atoms. The van der Waals surface area contributed by atoms with Crippen molar-refractivity contribution in [1.82, 2.24) is 5.32 Å². The minimum atomic E-state index is -0.860. The number of carbonyl (C=O) groups is 1. The first-order valence-electron chi connectivity index (χ1n) is 6.76. The van der Waals surface area contributed by atoms with E-state index in [1.807, 2.05) is 6.07 Å². The number of hydrogen-bond donors (Lipinski definition) is 2. The van der Waals surface area contributed by atoms with Gasteiger partial charge < -0.3 is 19.6 Å². The minimum absolute atomic E-state index is 0.00942. The van der Waals surface area contributed by atoms with Gasteiger partial charge in [-0.2, -0.15) is 5.26 Å². The fraction of sp³-hybridized carbons (Fsp3) is 0.250. The molecule has 1 atom stereocenters. The van der Waals surface area contributed by atoms with Crippen molar-refractivity contribution in [3.63, 3.8) is 0 Å². The van der Waals surface area contributed by atoms with Crippen molar-refractivity contribution in [2.75, 3.05) is 13.2 Å². The number of nitriles is 1. The van der Waals surface area contributed by atoms with Gasteiger partial charge in [-0.15, -0.1) is 0 Å². The molecular weight excluding hydrogens is 284 g/mol. The van der Waals surface area contributed by atoms with Gasteiger partial charge in [-0.05, 0) is 29.8 Å². The molecule has 0 radical (unpaired) electrons. The first-order valence-corrected chi connectivity index (χ1v) is 6.76. The SMILES string of the molecule is N#CCOc1ccc(CC(=O)NCC(O)c2ccco2)cc1. The molecule has 1 aromatic heterocycles. The van der Waals surface area contributed by atoms with Crippen LogP contribution < -0.4 is 10.1 Å². The number of aliphatic hydroxyl groups is 1. The van der Waals surface area contributed by atoms with Crippen LogP contribution in [0.2, 0.25) is 0 Å². The van der Waals surface area contributed by atoms with Gasteiger partial charge in [0.25, 0.3) is 0 Å². The van der Waals surface area contributed by atoms with Crippen LogP contribution in [-0.4, -0.2) is 24.2 Å². The van der Waals surface area contributed by atoms with E-state index in [2.05, 4.69) is 5.32 Å². The van der Waals surface area contributed by atoms with Crippen molar-refractivity contribution in [3.8, 4) is 11.8 Å². The molecule has 0 saturated carbocycles. The number of carbonyl (C=O) groups excluding carboxylic acids is 1. The summed E-state index contributed by atoms with van der Waals surface area (Å²) in [7, 11) is 0. The molecular formula is C16H16N2O4. The molecule has 2 rings (SSSR count). The molecule has 22 heavy (non-hydrogen) atoms. The van der Waals surface area contributed by atoms with E-state index in [1.54, 1.807) is 36.4 Å². The molecule has 0 spiro atoms. The number of amides is 1. The Balaban J connectivity index is 1.78. The first-order chi connectivity index (χ1) is 10.7. The maximum absolute atomic E-state index is 11.8. The Morgan fingerprint density at radius 2 is 2.14 bits per heavy atom. The number of aliphatic hydroxyl groups excluding tert-OH is 1. The molecule has 6 heteroatoms. The predicted molar refractivity (Wildman–Crippen MR) is 77.9 cm³/mol. The number of nitrogens with one attached hydrogen (secondary N) is 1. The molecule has 0 aliphatic carbocycles. The molecule has 1 heterocycles. The number of hydrogen-bond acceptors (Lipinski definition) is 5. The standard InChI is InChI=1S/C16H16N2O4/c17-7-9-21-13-5-3-12(4-6-13)10-16(20)18-11-14(19)15-2-1-8-22-15/h1-6,8,14,19H,9-11H2,(H,18,20). The van der Waals surface area contributed by atoms with Gasteiger partial charge in [0.1, 0.15) is 23.7 Å². The topological polar surface area (TPSA) is 95.5 Å². The number of rotatable bonds is 7. The van der Waals surface area contributed by atoms with Gasteiger partial charge >= 0.3 is 0 Å². The summed E-state index contributed by atoms with van der Waals surface area (Å²) < 4.78 is 10.2. The van der Waals surface area contributed by atoms with E-state index in [9.17, 15) is 9.90 Å². The number of ether oxygens (including phenoxy) is 1. The molecule has 0 fully saturated rings. The van der Waals surface area contributed by atoms with E-state index >= 15 is 0 Å². The van der Waals surface area contributed by atoms with E-state index in [-0.39, 0.29) is 25.5 Å². The molecule has 2 aromatic rings. The third kappa shape index (κ3) is 4.65. The number of nitrogens with zero attached hydrogens (tertiary/aromatic N) is 1. The second-order valence-corrected chi connectivity index (χ2v) is 4.60. The van der Waals surface area contributed by atoms with Gasteiger partial charge in [0.2, 0.25) is 5.91 Å². The van der Waals surface area contributed by atoms with Crippen LogP contribution >= 0.6 is 0 Å². The number of furan rings is 1. The zero-order valence-electron chi connectivity index (χ0n) is 11.9.